The predicted molar refractivity (Wildman–Crippen MR) is 90.7 cm³/mol. The number of benzene rings is 1. The number of hydrogen-bond donors (Lipinski definition) is 2. The van der Waals surface area contributed by atoms with Crippen molar-refractivity contribution in [2.75, 3.05) is 12.4 Å². The van der Waals surface area contributed by atoms with E-state index in [1.807, 2.05) is 26.0 Å². The number of furan rings is 1. The molecule has 4 rings (SSSR count). The van der Waals surface area contributed by atoms with Gasteiger partial charge in [-0.2, -0.15) is 5.10 Å². The van der Waals surface area contributed by atoms with Gasteiger partial charge in [-0.1, -0.05) is 11.6 Å². The minimum Gasteiger partial charge on any atom is -0.464 e. The van der Waals surface area contributed by atoms with Gasteiger partial charge in [-0.15, -0.1) is 0 Å². The van der Waals surface area contributed by atoms with Crippen molar-refractivity contribution < 1.29 is 18.7 Å². The maximum absolute atomic E-state index is 12.1. The van der Waals surface area contributed by atoms with E-state index in [-0.39, 0.29) is 18.0 Å². The number of rotatable bonds is 2. The van der Waals surface area contributed by atoms with E-state index < -0.39 is 11.9 Å². The molecule has 0 saturated carbocycles. The van der Waals surface area contributed by atoms with Crippen molar-refractivity contribution in [2.45, 2.75) is 26.2 Å². The van der Waals surface area contributed by atoms with Crippen molar-refractivity contribution >= 4 is 28.7 Å². The molecule has 0 spiro atoms. The highest BCUT2D eigenvalue weighted by molar-refractivity contribution is 5.99. The second-order valence-corrected chi connectivity index (χ2v) is 6.25. The number of H-pyrrole nitrogens is 1. The SMILES string of the molecule is COC(=O)c1[nH]nc2c1C(c1oc3ccc(C)cc3c1C)CC(=O)N2. The lowest BCUT2D eigenvalue weighted by Gasteiger charge is -2.21. The van der Waals surface area contributed by atoms with Crippen LogP contribution in [0.25, 0.3) is 11.0 Å². The summed E-state index contributed by atoms with van der Waals surface area (Å²) in [6.07, 6.45) is 0.177. The summed E-state index contributed by atoms with van der Waals surface area (Å²) in [6.45, 7) is 3.98. The molecule has 2 N–H and O–H groups in total. The summed E-state index contributed by atoms with van der Waals surface area (Å²) >= 11 is 0. The highest BCUT2D eigenvalue weighted by atomic mass is 16.5. The van der Waals surface area contributed by atoms with Gasteiger partial charge >= 0.3 is 5.97 Å². The Hall–Kier alpha value is -3.09. The molecule has 1 aliphatic heterocycles. The number of carbonyl (C=O) groups excluding carboxylic acids is 2. The Morgan fingerprint density at radius 2 is 2.16 bits per heavy atom. The molecule has 128 valence electrons. The molecule has 1 aromatic carbocycles. The van der Waals surface area contributed by atoms with Crippen molar-refractivity contribution in [2.24, 2.45) is 0 Å². The molecule has 7 heteroatoms. The van der Waals surface area contributed by atoms with Crippen LogP contribution in [0.3, 0.4) is 0 Å². The zero-order chi connectivity index (χ0) is 17.7. The number of aryl methyl sites for hydroxylation is 2. The lowest BCUT2D eigenvalue weighted by Crippen LogP contribution is -2.24. The number of carbonyl (C=O) groups is 2. The quantitative estimate of drug-likeness (QED) is 0.700. The summed E-state index contributed by atoms with van der Waals surface area (Å²) in [4.78, 5) is 24.2. The molecule has 3 aromatic rings. The minimum absolute atomic E-state index is 0.170. The van der Waals surface area contributed by atoms with Gasteiger partial charge in [0.15, 0.2) is 5.82 Å². The zero-order valence-electron chi connectivity index (χ0n) is 14.1. The van der Waals surface area contributed by atoms with E-state index in [4.69, 9.17) is 9.15 Å². The fraction of sp³-hybridized carbons (Fsp3) is 0.278. The summed E-state index contributed by atoms with van der Waals surface area (Å²) in [5.41, 5.74) is 3.68. The van der Waals surface area contributed by atoms with Crippen LogP contribution in [0.1, 0.15) is 45.3 Å². The number of nitrogens with zero attached hydrogens (tertiary/aromatic N) is 1. The predicted octanol–water partition coefficient (Wildman–Crippen LogP) is 3.03. The summed E-state index contributed by atoms with van der Waals surface area (Å²) in [7, 11) is 1.31. The van der Waals surface area contributed by atoms with E-state index in [0.717, 1.165) is 22.1 Å². The van der Waals surface area contributed by atoms with Crippen molar-refractivity contribution in [3.63, 3.8) is 0 Å². The molecule has 2 aromatic heterocycles. The van der Waals surface area contributed by atoms with Gasteiger partial charge in [-0.05, 0) is 31.5 Å². The van der Waals surface area contributed by atoms with Crippen LogP contribution in [0.15, 0.2) is 22.6 Å². The molecule has 1 unspecified atom stereocenters. The van der Waals surface area contributed by atoms with Crippen molar-refractivity contribution in [3.8, 4) is 0 Å². The smallest absolute Gasteiger partial charge is 0.356 e. The highest BCUT2D eigenvalue weighted by Crippen LogP contribution is 2.42. The van der Waals surface area contributed by atoms with Gasteiger partial charge in [0.1, 0.15) is 17.0 Å². The van der Waals surface area contributed by atoms with Crippen LogP contribution in [-0.2, 0) is 9.53 Å². The third-order valence-electron chi connectivity index (χ3n) is 4.63. The molecule has 0 saturated heterocycles. The van der Waals surface area contributed by atoms with Gasteiger partial charge in [0.25, 0.3) is 0 Å². The van der Waals surface area contributed by atoms with Crippen molar-refractivity contribution in [3.05, 3.63) is 46.3 Å². The first-order valence-electron chi connectivity index (χ1n) is 7.95. The van der Waals surface area contributed by atoms with E-state index in [9.17, 15) is 9.59 Å². The number of aromatic amines is 1. The maximum Gasteiger partial charge on any atom is 0.356 e. The number of ether oxygens (including phenoxy) is 1. The Balaban J connectivity index is 1.92. The van der Waals surface area contributed by atoms with Gasteiger partial charge in [0.2, 0.25) is 5.91 Å². The highest BCUT2D eigenvalue weighted by Gasteiger charge is 2.37. The van der Waals surface area contributed by atoms with Crippen LogP contribution in [0, 0.1) is 13.8 Å². The Kier molecular flexibility index (Phi) is 3.38. The molecule has 1 atom stereocenters. The van der Waals surface area contributed by atoms with Crippen LogP contribution in [-0.4, -0.2) is 29.2 Å². The molecular formula is C18H17N3O4. The monoisotopic (exact) mass is 339 g/mol. The zero-order valence-corrected chi connectivity index (χ0v) is 14.1. The van der Waals surface area contributed by atoms with Crippen molar-refractivity contribution in [1.29, 1.82) is 0 Å². The topological polar surface area (TPSA) is 97.2 Å². The van der Waals surface area contributed by atoms with Crippen molar-refractivity contribution in [1.82, 2.24) is 10.2 Å². The normalized spacial score (nSPS) is 16.6. The Labute approximate surface area is 143 Å². The van der Waals surface area contributed by atoms with E-state index in [1.54, 1.807) is 0 Å². The second-order valence-electron chi connectivity index (χ2n) is 6.25. The number of amides is 1. The van der Waals surface area contributed by atoms with Crippen LogP contribution in [0.4, 0.5) is 5.82 Å². The van der Waals surface area contributed by atoms with Crippen LogP contribution >= 0.6 is 0 Å². The number of nitrogens with one attached hydrogen (secondary N) is 2. The molecule has 25 heavy (non-hydrogen) atoms. The Morgan fingerprint density at radius 3 is 2.92 bits per heavy atom. The molecule has 0 aliphatic carbocycles. The molecule has 1 amide bonds. The largest absolute Gasteiger partial charge is 0.464 e. The lowest BCUT2D eigenvalue weighted by molar-refractivity contribution is -0.116. The fourth-order valence-electron chi connectivity index (χ4n) is 3.42. The van der Waals surface area contributed by atoms with E-state index in [1.165, 1.54) is 7.11 Å². The average Bonchev–Trinajstić information content (AvgIpc) is 3.15. The van der Waals surface area contributed by atoms with Crippen LogP contribution < -0.4 is 5.32 Å². The second kappa shape index (κ2) is 5.47. The van der Waals surface area contributed by atoms with E-state index in [0.29, 0.717) is 17.1 Å². The number of esters is 1. The van der Waals surface area contributed by atoms with Gasteiger partial charge in [-0.3, -0.25) is 9.89 Å². The number of anilines is 1. The lowest BCUT2D eigenvalue weighted by atomic mass is 9.87. The molecule has 0 fully saturated rings. The van der Waals surface area contributed by atoms with Crippen LogP contribution in [0.5, 0.6) is 0 Å². The van der Waals surface area contributed by atoms with Crippen LogP contribution in [0.2, 0.25) is 0 Å². The number of methoxy groups -OCH3 is 1. The first kappa shape index (κ1) is 15.4. The summed E-state index contributed by atoms with van der Waals surface area (Å²) in [5.74, 6) is -0.0822. The van der Waals surface area contributed by atoms with Gasteiger partial charge < -0.3 is 14.5 Å². The Bertz CT molecular complexity index is 1010. The average molecular weight is 339 g/mol. The third kappa shape index (κ3) is 2.31. The van der Waals surface area contributed by atoms with Gasteiger partial charge in [0.05, 0.1) is 13.0 Å². The molecule has 0 radical (unpaired) electrons. The molecule has 3 heterocycles. The third-order valence-corrected chi connectivity index (χ3v) is 4.63. The first-order chi connectivity index (χ1) is 12.0. The molecule has 1 aliphatic rings. The summed E-state index contributed by atoms with van der Waals surface area (Å²) < 4.78 is 10.9. The van der Waals surface area contributed by atoms with E-state index in [2.05, 4.69) is 21.6 Å². The van der Waals surface area contributed by atoms with E-state index >= 15 is 0 Å². The number of fused-ring (bicyclic) bond motifs is 2. The molecule has 7 nitrogen and oxygen atoms in total. The molecular weight excluding hydrogens is 322 g/mol. The number of aromatic nitrogens is 2. The first-order valence-corrected chi connectivity index (χ1v) is 7.95. The summed E-state index contributed by atoms with van der Waals surface area (Å²) in [6, 6.07) is 5.95. The number of hydrogen-bond acceptors (Lipinski definition) is 5. The molecule has 0 bridgehead atoms. The van der Waals surface area contributed by atoms with Gasteiger partial charge in [-0.25, -0.2) is 4.79 Å². The summed E-state index contributed by atoms with van der Waals surface area (Å²) in [5, 5.41) is 10.4. The van der Waals surface area contributed by atoms with Gasteiger partial charge in [0, 0.05) is 17.4 Å². The standard InChI is InChI=1S/C18H17N3O4/c1-8-4-5-12-10(6-8)9(2)16(25-12)11-7-13(22)19-17-14(11)15(20-21-17)18(23)24-3/h4-6,11H,7H2,1-3H3,(H2,19,20,21,22). The Morgan fingerprint density at radius 1 is 1.36 bits per heavy atom. The maximum atomic E-state index is 12.1. The minimum atomic E-state index is -0.528. The fourth-order valence-corrected chi connectivity index (χ4v) is 3.42.